The lowest BCUT2D eigenvalue weighted by Crippen LogP contribution is -2.48. The monoisotopic (exact) mass is 399 g/mol. The van der Waals surface area contributed by atoms with Crippen LogP contribution in [0.2, 0.25) is 5.02 Å². The summed E-state index contributed by atoms with van der Waals surface area (Å²) >= 11 is 5.91. The third-order valence-electron chi connectivity index (χ3n) is 4.92. The maximum Gasteiger partial charge on any atom is 0.223 e. The van der Waals surface area contributed by atoms with Gasteiger partial charge in [-0.1, -0.05) is 11.6 Å². The highest BCUT2D eigenvalue weighted by Gasteiger charge is 2.22. The Morgan fingerprint density at radius 3 is 2.57 bits per heavy atom. The lowest BCUT2D eigenvalue weighted by atomic mass is 10.2. The summed E-state index contributed by atoms with van der Waals surface area (Å²) in [6.07, 6.45) is 6.44. The van der Waals surface area contributed by atoms with Crippen LogP contribution in [0.3, 0.4) is 0 Å². The SMILES string of the molecule is Cn1cc(N2CCN(C(=O)CCc3ncc(-c4ccc(Cl)cc4)o3)CC2)cn1. The largest absolute Gasteiger partial charge is 0.441 e. The van der Waals surface area contributed by atoms with Crippen molar-refractivity contribution in [2.45, 2.75) is 12.8 Å². The predicted octanol–water partition coefficient (Wildman–Crippen LogP) is 3.01. The van der Waals surface area contributed by atoms with E-state index < -0.39 is 0 Å². The van der Waals surface area contributed by atoms with Crippen LogP contribution in [0, 0.1) is 0 Å². The van der Waals surface area contributed by atoms with Gasteiger partial charge in [-0.3, -0.25) is 9.48 Å². The van der Waals surface area contributed by atoms with Crippen LogP contribution in [0.5, 0.6) is 0 Å². The van der Waals surface area contributed by atoms with Crippen molar-refractivity contribution in [1.82, 2.24) is 19.7 Å². The normalized spacial score (nSPS) is 14.5. The van der Waals surface area contributed by atoms with Crippen LogP contribution in [-0.4, -0.2) is 51.8 Å². The van der Waals surface area contributed by atoms with E-state index in [4.69, 9.17) is 16.0 Å². The first kappa shape index (κ1) is 18.6. The lowest BCUT2D eigenvalue weighted by Gasteiger charge is -2.35. The molecule has 0 N–H and O–H groups in total. The number of halogens is 1. The highest BCUT2D eigenvalue weighted by molar-refractivity contribution is 6.30. The number of benzene rings is 1. The topological polar surface area (TPSA) is 67.4 Å². The van der Waals surface area contributed by atoms with Crippen LogP contribution in [-0.2, 0) is 18.3 Å². The van der Waals surface area contributed by atoms with Gasteiger partial charge in [0.05, 0.1) is 18.1 Å². The summed E-state index contributed by atoms with van der Waals surface area (Å²) in [5.41, 5.74) is 2.02. The number of hydrogen-bond donors (Lipinski definition) is 0. The minimum atomic E-state index is 0.136. The average molecular weight is 400 g/mol. The summed E-state index contributed by atoms with van der Waals surface area (Å²) in [7, 11) is 1.91. The molecule has 0 radical (unpaired) electrons. The molecular formula is C20H22ClN5O2. The van der Waals surface area contributed by atoms with Crippen molar-refractivity contribution in [2.24, 2.45) is 7.05 Å². The quantitative estimate of drug-likeness (QED) is 0.659. The van der Waals surface area contributed by atoms with Crippen LogP contribution < -0.4 is 4.90 Å². The molecule has 0 saturated carbocycles. The molecule has 0 bridgehead atoms. The van der Waals surface area contributed by atoms with Gasteiger partial charge in [0.2, 0.25) is 5.91 Å². The Kier molecular flexibility index (Phi) is 5.34. The highest BCUT2D eigenvalue weighted by Crippen LogP contribution is 2.23. The van der Waals surface area contributed by atoms with Gasteiger partial charge in [-0.15, -0.1) is 0 Å². The summed E-state index contributed by atoms with van der Waals surface area (Å²) in [6.45, 7) is 3.07. The van der Waals surface area contributed by atoms with E-state index in [1.807, 2.05) is 48.6 Å². The third kappa shape index (κ3) is 4.20. The number of piperazine rings is 1. The molecule has 8 heteroatoms. The maximum atomic E-state index is 12.5. The molecule has 1 aliphatic heterocycles. The molecule has 1 amide bonds. The van der Waals surface area contributed by atoms with Gasteiger partial charge in [-0.05, 0) is 24.3 Å². The van der Waals surface area contributed by atoms with E-state index in [9.17, 15) is 4.79 Å². The van der Waals surface area contributed by atoms with Crippen molar-refractivity contribution >= 4 is 23.2 Å². The molecule has 0 spiro atoms. The Morgan fingerprint density at radius 2 is 1.89 bits per heavy atom. The second kappa shape index (κ2) is 8.06. The zero-order valence-electron chi connectivity index (χ0n) is 15.7. The Labute approximate surface area is 168 Å². The second-order valence-electron chi connectivity index (χ2n) is 6.87. The molecule has 1 aromatic carbocycles. The van der Waals surface area contributed by atoms with Gasteiger partial charge in [-0.25, -0.2) is 4.98 Å². The summed E-state index contributed by atoms with van der Waals surface area (Å²) in [5, 5.41) is 4.89. The number of amides is 1. The van der Waals surface area contributed by atoms with Crippen LogP contribution >= 0.6 is 11.6 Å². The van der Waals surface area contributed by atoms with E-state index in [1.54, 1.807) is 10.9 Å². The molecule has 0 unspecified atom stereocenters. The molecule has 3 aromatic rings. The van der Waals surface area contributed by atoms with Crippen molar-refractivity contribution in [3.8, 4) is 11.3 Å². The summed E-state index contributed by atoms with van der Waals surface area (Å²) in [5.74, 6) is 1.40. The molecule has 1 aliphatic rings. The van der Waals surface area contributed by atoms with E-state index in [2.05, 4.69) is 15.0 Å². The van der Waals surface area contributed by atoms with Crippen LogP contribution in [0.15, 0.2) is 47.3 Å². The van der Waals surface area contributed by atoms with Crippen molar-refractivity contribution in [2.75, 3.05) is 31.1 Å². The Morgan fingerprint density at radius 1 is 1.14 bits per heavy atom. The van der Waals surface area contributed by atoms with Crippen LogP contribution in [0.1, 0.15) is 12.3 Å². The molecule has 3 heterocycles. The minimum Gasteiger partial charge on any atom is -0.441 e. The van der Waals surface area contributed by atoms with E-state index in [0.717, 1.165) is 37.4 Å². The Hall–Kier alpha value is -2.80. The fourth-order valence-electron chi connectivity index (χ4n) is 3.33. The van der Waals surface area contributed by atoms with Gasteiger partial charge >= 0.3 is 0 Å². The zero-order valence-corrected chi connectivity index (χ0v) is 16.5. The summed E-state index contributed by atoms with van der Waals surface area (Å²) in [4.78, 5) is 21.0. The maximum absolute atomic E-state index is 12.5. The highest BCUT2D eigenvalue weighted by atomic mass is 35.5. The van der Waals surface area contributed by atoms with Gasteiger partial charge in [0.1, 0.15) is 0 Å². The summed E-state index contributed by atoms with van der Waals surface area (Å²) < 4.78 is 7.58. The second-order valence-corrected chi connectivity index (χ2v) is 7.30. The molecule has 1 fully saturated rings. The Balaban J connectivity index is 1.27. The summed E-state index contributed by atoms with van der Waals surface area (Å²) in [6, 6.07) is 7.40. The number of oxazole rings is 1. The zero-order chi connectivity index (χ0) is 19.5. The van der Waals surface area contributed by atoms with Crippen molar-refractivity contribution < 1.29 is 9.21 Å². The van der Waals surface area contributed by atoms with Crippen molar-refractivity contribution in [3.63, 3.8) is 0 Å². The minimum absolute atomic E-state index is 0.136. The van der Waals surface area contributed by atoms with Crippen molar-refractivity contribution in [1.29, 1.82) is 0 Å². The molecule has 2 aromatic heterocycles. The number of aromatic nitrogens is 3. The first-order chi connectivity index (χ1) is 13.6. The first-order valence-corrected chi connectivity index (χ1v) is 9.68. The van der Waals surface area contributed by atoms with Crippen LogP contribution in [0.4, 0.5) is 5.69 Å². The first-order valence-electron chi connectivity index (χ1n) is 9.30. The van der Waals surface area contributed by atoms with E-state index in [0.29, 0.717) is 29.5 Å². The Bertz CT molecular complexity index is 942. The molecular weight excluding hydrogens is 378 g/mol. The van der Waals surface area contributed by atoms with Gasteiger partial charge in [0.25, 0.3) is 0 Å². The number of anilines is 1. The number of rotatable bonds is 5. The fourth-order valence-corrected chi connectivity index (χ4v) is 3.46. The number of carbonyl (C=O) groups is 1. The van der Waals surface area contributed by atoms with Gasteiger partial charge in [0, 0.05) is 62.9 Å². The smallest absolute Gasteiger partial charge is 0.223 e. The standard InChI is InChI=1S/C20H22ClN5O2/c1-24-14-17(12-23-24)25-8-10-26(11-9-25)20(27)7-6-19-22-13-18(28-19)15-2-4-16(21)5-3-15/h2-5,12-14H,6-11H2,1H3. The molecule has 0 atom stereocenters. The van der Waals surface area contributed by atoms with Gasteiger partial charge in [-0.2, -0.15) is 5.10 Å². The molecule has 0 aliphatic carbocycles. The molecule has 1 saturated heterocycles. The van der Waals surface area contributed by atoms with E-state index in [1.165, 1.54) is 0 Å². The van der Waals surface area contributed by atoms with E-state index >= 15 is 0 Å². The third-order valence-corrected chi connectivity index (χ3v) is 5.18. The number of nitrogens with zero attached hydrogens (tertiary/aromatic N) is 5. The van der Waals surface area contributed by atoms with E-state index in [-0.39, 0.29) is 5.91 Å². The molecule has 4 rings (SSSR count). The fraction of sp³-hybridized carbons (Fsp3) is 0.350. The predicted molar refractivity (Wildman–Crippen MR) is 107 cm³/mol. The number of carbonyl (C=O) groups excluding carboxylic acids is 1. The van der Waals surface area contributed by atoms with Gasteiger partial charge in [0.15, 0.2) is 11.7 Å². The average Bonchev–Trinajstić information content (AvgIpc) is 3.36. The van der Waals surface area contributed by atoms with Crippen LogP contribution in [0.25, 0.3) is 11.3 Å². The van der Waals surface area contributed by atoms with Gasteiger partial charge < -0.3 is 14.2 Å². The molecule has 7 nitrogen and oxygen atoms in total. The molecule has 146 valence electrons. The number of aryl methyl sites for hydroxylation is 2. The number of hydrogen-bond acceptors (Lipinski definition) is 5. The lowest BCUT2D eigenvalue weighted by molar-refractivity contribution is -0.131. The van der Waals surface area contributed by atoms with Crippen molar-refractivity contribution in [3.05, 3.63) is 53.8 Å². The molecule has 28 heavy (non-hydrogen) atoms.